The minimum atomic E-state index is -0.125. The SMILES string of the molecule is CC.O=C1NC2C=C(Oc3ccccc32)c2ccccc21. The third-order valence-electron chi connectivity index (χ3n) is 3.52. The Kier molecular flexibility index (Phi) is 3.48. The second-order valence-corrected chi connectivity index (χ2v) is 4.67. The number of carbonyl (C=O) groups is 1. The number of rotatable bonds is 0. The summed E-state index contributed by atoms with van der Waals surface area (Å²) in [5.74, 6) is 1.49. The maximum atomic E-state index is 12.3. The van der Waals surface area contributed by atoms with Crippen molar-refractivity contribution in [1.29, 1.82) is 0 Å². The van der Waals surface area contributed by atoms with Crippen LogP contribution in [0.1, 0.15) is 41.4 Å². The molecule has 1 unspecified atom stereocenters. The van der Waals surface area contributed by atoms with Gasteiger partial charge < -0.3 is 10.1 Å². The van der Waals surface area contributed by atoms with Crippen LogP contribution in [0.5, 0.6) is 5.75 Å². The van der Waals surface area contributed by atoms with Crippen LogP contribution in [0.3, 0.4) is 0 Å². The molecular weight excluding hydrogens is 262 g/mol. The van der Waals surface area contributed by atoms with Crippen LogP contribution >= 0.6 is 0 Å². The number of para-hydroxylation sites is 1. The van der Waals surface area contributed by atoms with Gasteiger partial charge in [0.05, 0.1) is 11.6 Å². The van der Waals surface area contributed by atoms with Crippen molar-refractivity contribution in [3.05, 3.63) is 71.3 Å². The van der Waals surface area contributed by atoms with Gasteiger partial charge in [0, 0.05) is 11.1 Å². The van der Waals surface area contributed by atoms with E-state index in [0.29, 0.717) is 5.56 Å². The molecule has 1 N–H and O–H groups in total. The molecule has 3 nitrogen and oxygen atoms in total. The van der Waals surface area contributed by atoms with E-state index in [-0.39, 0.29) is 11.9 Å². The van der Waals surface area contributed by atoms with Crippen molar-refractivity contribution in [3.63, 3.8) is 0 Å². The predicted molar refractivity (Wildman–Crippen MR) is 83.0 cm³/mol. The van der Waals surface area contributed by atoms with Crippen molar-refractivity contribution in [2.45, 2.75) is 19.9 Å². The first-order valence-electron chi connectivity index (χ1n) is 7.22. The summed E-state index contributed by atoms with van der Waals surface area (Å²) in [5.41, 5.74) is 2.49. The van der Waals surface area contributed by atoms with E-state index in [1.54, 1.807) is 0 Å². The molecule has 1 atom stereocenters. The number of ether oxygens (including phenoxy) is 1. The van der Waals surface area contributed by atoms with E-state index < -0.39 is 0 Å². The lowest BCUT2D eigenvalue weighted by molar-refractivity contribution is 0.0945. The van der Waals surface area contributed by atoms with Crippen LogP contribution in [-0.4, -0.2) is 5.91 Å². The molecule has 1 amide bonds. The van der Waals surface area contributed by atoms with Crippen LogP contribution in [0, 0.1) is 0 Å². The lowest BCUT2D eigenvalue weighted by atomic mass is 10.0. The normalized spacial score (nSPS) is 17.7. The van der Waals surface area contributed by atoms with Crippen LogP contribution in [0.25, 0.3) is 5.76 Å². The lowest BCUT2D eigenvalue weighted by Crippen LogP contribution is -2.27. The zero-order valence-corrected chi connectivity index (χ0v) is 12.1. The maximum Gasteiger partial charge on any atom is 0.252 e. The van der Waals surface area contributed by atoms with E-state index in [9.17, 15) is 4.79 Å². The molecule has 4 rings (SSSR count). The maximum absolute atomic E-state index is 12.3. The molecule has 2 aliphatic heterocycles. The van der Waals surface area contributed by atoms with Crippen LogP contribution in [0.2, 0.25) is 0 Å². The van der Waals surface area contributed by atoms with Crippen LogP contribution < -0.4 is 10.1 Å². The highest BCUT2D eigenvalue weighted by Crippen LogP contribution is 2.38. The van der Waals surface area contributed by atoms with E-state index in [0.717, 1.165) is 22.6 Å². The number of nitrogens with one attached hydrogen (secondary N) is 1. The zero-order chi connectivity index (χ0) is 14.8. The minimum Gasteiger partial charge on any atom is -0.457 e. The molecule has 0 fully saturated rings. The van der Waals surface area contributed by atoms with Gasteiger partial charge in [0.25, 0.3) is 5.91 Å². The predicted octanol–water partition coefficient (Wildman–Crippen LogP) is 3.93. The summed E-state index contributed by atoms with van der Waals surface area (Å²) in [7, 11) is 0. The van der Waals surface area contributed by atoms with Crippen LogP contribution in [0.15, 0.2) is 54.6 Å². The fourth-order valence-electron chi connectivity index (χ4n) is 2.60. The van der Waals surface area contributed by atoms with Crippen molar-refractivity contribution < 1.29 is 9.53 Å². The summed E-state index contributed by atoms with van der Waals surface area (Å²) < 4.78 is 5.93. The first-order chi connectivity index (χ1) is 10.3. The molecule has 0 aromatic heterocycles. The number of hydrogen-bond donors (Lipinski definition) is 1. The van der Waals surface area contributed by atoms with E-state index in [1.165, 1.54) is 0 Å². The van der Waals surface area contributed by atoms with E-state index in [1.807, 2.05) is 68.5 Å². The second kappa shape index (κ2) is 5.44. The Morgan fingerprint density at radius 1 is 0.952 bits per heavy atom. The van der Waals surface area contributed by atoms with E-state index in [4.69, 9.17) is 4.74 Å². The number of amides is 1. The van der Waals surface area contributed by atoms with Crippen molar-refractivity contribution in [1.82, 2.24) is 5.32 Å². The molecule has 3 heteroatoms. The smallest absolute Gasteiger partial charge is 0.252 e. The quantitative estimate of drug-likeness (QED) is 0.793. The molecule has 2 aromatic carbocycles. The van der Waals surface area contributed by atoms with Gasteiger partial charge in [-0.1, -0.05) is 50.2 Å². The van der Waals surface area contributed by atoms with E-state index >= 15 is 0 Å². The highest BCUT2D eigenvalue weighted by Gasteiger charge is 2.29. The zero-order valence-electron chi connectivity index (χ0n) is 12.1. The molecule has 2 bridgehead atoms. The highest BCUT2D eigenvalue weighted by molar-refractivity contribution is 6.00. The fraction of sp³-hybridized carbons (Fsp3) is 0.167. The second-order valence-electron chi connectivity index (χ2n) is 4.67. The standard InChI is InChI=1S/C16H11NO2.C2H6/c18-16-11-6-2-1-5-10(11)15-9-13(17-16)12-7-3-4-8-14(12)19-15;1-2/h1-9,13H,(H,17,18);1-2H3. The molecule has 0 saturated carbocycles. The molecule has 0 spiro atoms. The first kappa shape index (κ1) is 13.4. The fourth-order valence-corrected chi connectivity index (χ4v) is 2.60. The third-order valence-corrected chi connectivity index (χ3v) is 3.52. The lowest BCUT2D eigenvalue weighted by Gasteiger charge is -2.22. The van der Waals surface area contributed by atoms with Gasteiger partial charge >= 0.3 is 0 Å². The van der Waals surface area contributed by atoms with Crippen molar-refractivity contribution in [2.75, 3.05) is 0 Å². The summed E-state index contributed by atoms with van der Waals surface area (Å²) in [5, 5.41) is 3.03. The molecule has 106 valence electrons. The monoisotopic (exact) mass is 279 g/mol. The summed E-state index contributed by atoms with van der Waals surface area (Å²) >= 11 is 0. The summed E-state index contributed by atoms with van der Waals surface area (Å²) in [6.45, 7) is 4.00. The summed E-state index contributed by atoms with van der Waals surface area (Å²) in [4.78, 5) is 12.3. The topological polar surface area (TPSA) is 38.3 Å². The average molecular weight is 279 g/mol. The van der Waals surface area contributed by atoms with Crippen molar-refractivity contribution >= 4 is 11.7 Å². The largest absolute Gasteiger partial charge is 0.457 e. The van der Waals surface area contributed by atoms with Crippen molar-refractivity contribution in [3.8, 4) is 5.75 Å². The molecule has 2 aliphatic rings. The Morgan fingerprint density at radius 3 is 2.43 bits per heavy atom. The van der Waals surface area contributed by atoms with Gasteiger partial charge in [-0.05, 0) is 18.2 Å². The Morgan fingerprint density at radius 2 is 1.62 bits per heavy atom. The third kappa shape index (κ3) is 2.21. The summed E-state index contributed by atoms with van der Waals surface area (Å²) in [6, 6.07) is 15.2. The Hall–Kier alpha value is -2.55. The number of carbonyl (C=O) groups excluding carboxylic acids is 1. The van der Waals surface area contributed by atoms with Gasteiger partial charge in [0.2, 0.25) is 0 Å². The Balaban J connectivity index is 0.000000636. The summed E-state index contributed by atoms with van der Waals surface area (Å²) in [6.07, 6.45) is 1.96. The molecule has 2 aromatic rings. The van der Waals surface area contributed by atoms with Crippen LogP contribution in [0.4, 0.5) is 0 Å². The van der Waals surface area contributed by atoms with Gasteiger partial charge in [-0.15, -0.1) is 0 Å². The van der Waals surface area contributed by atoms with Gasteiger partial charge in [0.15, 0.2) is 0 Å². The van der Waals surface area contributed by atoms with Gasteiger partial charge in [-0.25, -0.2) is 0 Å². The van der Waals surface area contributed by atoms with E-state index in [2.05, 4.69) is 5.32 Å². The number of fused-ring (bicyclic) bond motifs is 5. The van der Waals surface area contributed by atoms with Crippen LogP contribution in [-0.2, 0) is 0 Å². The molecule has 2 heterocycles. The number of benzene rings is 2. The molecule has 0 saturated heterocycles. The number of hydrogen-bond acceptors (Lipinski definition) is 2. The Labute approximate surface area is 124 Å². The molecule has 21 heavy (non-hydrogen) atoms. The molecular formula is C18H17NO2. The van der Waals surface area contributed by atoms with Gasteiger partial charge in [-0.3, -0.25) is 4.79 Å². The molecule has 0 aliphatic carbocycles. The average Bonchev–Trinajstić information content (AvgIpc) is 2.66. The van der Waals surface area contributed by atoms with Gasteiger partial charge in [0.1, 0.15) is 11.5 Å². The first-order valence-corrected chi connectivity index (χ1v) is 7.22. The Bertz CT molecular complexity index is 719. The van der Waals surface area contributed by atoms with Gasteiger partial charge in [-0.2, -0.15) is 0 Å². The highest BCUT2D eigenvalue weighted by atomic mass is 16.5. The minimum absolute atomic E-state index is 0.0628. The molecule has 0 radical (unpaired) electrons. The van der Waals surface area contributed by atoms with Crippen molar-refractivity contribution in [2.24, 2.45) is 0 Å².